The second-order valence-electron chi connectivity index (χ2n) is 6.45. The van der Waals surface area contributed by atoms with Gasteiger partial charge in [0.15, 0.2) is 6.61 Å². The van der Waals surface area contributed by atoms with Crippen molar-refractivity contribution in [2.24, 2.45) is 0 Å². The van der Waals surface area contributed by atoms with Gasteiger partial charge in [-0.2, -0.15) is 13.2 Å². The normalized spacial score (nSPS) is 18.8. The fraction of sp³-hybridized carbons (Fsp3) is 0.471. The molecule has 1 aliphatic carbocycles. The largest absolute Gasteiger partial charge is 0.474 e. The van der Waals surface area contributed by atoms with E-state index in [1.165, 1.54) is 12.4 Å². The zero-order valence-electron chi connectivity index (χ0n) is 15.4. The van der Waals surface area contributed by atoms with Crippen LogP contribution in [0.5, 0.6) is 5.88 Å². The summed E-state index contributed by atoms with van der Waals surface area (Å²) in [7, 11) is 1.35. The fourth-order valence-corrected chi connectivity index (χ4v) is 3.87. The number of thiophene rings is 1. The third kappa shape index (κ3) is 4.89. The van der Waals surface area contributed by atoms with Gasteiger partial charge in [0.2, 0.25) is 5.88 Å². The highest BCUT2D eigenvalue weighted by Gasteiger charge is 2.37. The first-order valence-electron chi connectivity index (χ1n) is 8.68. The van der Waals surface area contributed by atoms with E-state index in [2.05, 4.69) is 20.4 Å². The topological polar surface area (TPSA) is 89.6 Å². The first kappa shape index (κ1) is 22.0. The Balaban J connectivity index is 1.71. The minimum Gasteiger partial charge on any atom is -0.474 e. The average molecular weight is 453 g/mol. The van der Waals surface area contributed by atoms with Crippen LogP contribution in [0.4, 0.5) is 26.7 Å². The van der Waals surface area contributed by atoms with Gasteiger partial charge in [0.25, 0.3) is 12.3 Å². The molecule has 1 aliphatic rings. The highest BCUT2D eigenvalue weighted by atomic mass is 32.1. The molecule has 0 aromatic carbocycles. The first-order valence-corrected chi connectivity index (χ1v) is 9.56. The smallest absolute Gasteiger partial charge is 0.418 e. The first-order chi connectivity index (χ1) is 14.1. The summed E-state index contributed by atoms with van der Waals surface area (Å²) in [6, 6.07) is 0.345. The third-order valence-corrected chi connectivity index (χ3v) is 5.32. The summed E-state index contributed by atoms with van der Waals surface area (Å²) in [5.41, 5.74) is -1.08. The van der Waals surface area contributed by atoms with Gasteiger partial charge in [-0.25, -0.2) is 18.6 Å². The monoisotopic (exact) mass is 453 g/mol. The molecular formula is C17H16F5N3O4S. The van der Waals surface area contributed by atoms with Crippen molar-refractivity contribution >= 4 is 33.6 Å². The minimum atomic E-state index is -4.68. The van der Waals surface area contributed by atoms with Crippen molar-refractivity contribution in [3.63, 3.8) is 0 Å². The molecule has 0 radical (unpaired) electrons. The number of halogens is 5. The summed E-state index contributed by atoms with van der Waals surface area (Å²) in [5.74, 6) is -0.878. The van der Waals surface area contributed by atoms with E-state index in [1.807, 2.05) is 0 Å². The molecule has 3 rings (SSSR count). The Morgan fingerprint density at radius 1 is 1.33 bits per heavy atom. The lowest BCUT2D eigenvalue weighted by molar-refractivity contribution is -0.136. The van der Waals surface area contributed by atoms with E-state index >= 15 is 0 Å². The summed E-state index contributed by atoms with van der Waals surface area (Å²) in [4.78, 5) is 27.3. The van der Waals surface area contributed by atoms with Crippen LogP contribution in [0, 0.1) is 0 Å². The van der Waals surface area contributed by atoms with Gasteiger partial charge >= 0.3 is 12.3 Å². The van der Waals surface area contributed by atoms with Gasteiger partial charge in [-0.3, -0.25) is 4.79 Å². The number of nitrogens with zero attached hydrogens (tertiary/aromatic N) is 1. The van der Waals surface area contributed by atoms with Crippen molar-refractivity contribution in [1.82, 2.24) is 15.6 Å². The summed E-state index contributed by atoms with van der Waals surface area (Å²) in [5, 5.41) is 6.00. The Kier molecular flexibility index (Phi) is 6.29. The molecule has 164 valence electrons. The number of alkyl halides is 5. The number of rotatable bonds is 6. The van der Waals surface area contributed by atoms with Crippen LogP contribution in [0.1, 0.15) is 28.8 Å². The number of fused-ring (bicyclic) bond motifs is 1. The van der Waals surface area contributed by atoms with Gasteiger partial charge in [0.1, 0.15) is 6.10 Å². The Hall–Kier alpha value is -2.70. The summed E-state index contributed by atoms with van der Waals surface area (Å²) in [6.07, 6.45) is -8.55. The van der Waals surface area contributed by atoms with Crippen molar-refractivity contribution in [2.45, 2.75) is 37.6 Å². The minimum absolute atomic E-state index is 0.00313. The van der Waals surface area contributed by atoms with Crippen LogP contribution in [-0.2, 0) is 10.9 Å². The lowest BCUT2D eigenvalue weighted by atomic mass is 9.89. The molecule has 13 heteroatoms. The number of alkyl carbamates (subject to hydrolysis) is 1. The van der Waals surface area contributed by atoms with E-state index in [4.69, 9.17) is 4.74 Å². The van der Waals surface area contributed by atoms with E-state index in [1.54, 1.807) is 0 Å². The molecule has 2 aromatic rings. The summed E-state index contributed by atoms with van der Waals surface area (Å²) in [6.45, 7) is -1.03. The molecule has 0 bridgehead atoms. The van der Waals surface area contributed by atoms with Gasteiger partial charge in [0, 0.05) is 37.4 Å². The molecule has 1 saturated carbocycles. The van der Waals surface area contributed by atoms with Crippen LogP contribution < -0.4 is 15.4 Å². The number of amides is 2. The van der Waals surface area contributed by atoms with Gasteiger partial charge in [-0.15, -0.1) is 11.3 Å². The average Bonchev–Trinajstić information content (AvgIpc) is 3.06. The number of hydrogen-bond donors (Lipinski definition) is 2. The summed E-state index contributed by atoms with van der Waals surface area (Å²) < 4.78 is 74.0. The van der Waals surface area contributed by atoms with Crippen molar-refractivity contribution in [3.05, 3.63) is 22.6 Å². The molecule has 0 aliphatic heterocycles. The molecule has 2 amide bonds. The van der Waals surface area contributed by atoms with Gasteiger partial charge in [0.05, 0.1) is 21.3 Å². The lowest BCUT2D eigenvalue weighted by Gasteiger charge is -2.35. The Bertz CT molecular complexity index is 943. The van der Waals surface area contributed by atoms with Crippen molar-refractivity contribution in [1.29, 1.82) is 0 Å². The number of carbonyl (C=O) groups is 2. The molecule has 2 N–H and O–H groups in total. The van der Waals surface area contributed by atoms with E-state index < -0.39 is 48.9 Å². The molecule has 0 spiro atoms. The molecule has 2 aromatic heterocycles. The molecule has 0 saturated heterocycles. The van der Waals surface area contributed by atoms with Crippen LogP contribution in [0.3, 0.4) is 0 Å². The van der Waals surface area contributed by atoms with E-state index in [0.29, 0.717) is 0 Å². The van der Waals surface area contributed by atoms with Gasteiger partial charge in [-0.1, -0.05) is 0 Å². The standard InChI is InChI=1S/C17H16F5N3O4S/c1-23-15(26)9-6-30-14-10(17(20,21)22)4-12(25-13(9)14)29-8-2-7(3-8)24-16(27)28-5-11(18)19/h4,6-8,11H,2-3,5H2,1H3,(H,23,26)(H,24,27). The lowest BCUT2D eigenvalue weighted by Crippen LogP contribution is -2.49. The zero-order valence-corrected chi connectivity index (χ0v) is 16.2. The fourth-order valence-electron chi connectivity index (χ4n) is 2.85. The maximum absolute atomic E-state index is 13.5. The summed E-state index contributed by atoms with van der Waals surface area (Å²) >= 11 is 0.759. The van der Waals surface area contributed by atoms with E-state index in [-0.39, 0.29) is 34.5 Å². The number of carbonyl (C=O) groups excluding carboxylic acids is 2. The number of hydrogen-bond acceptors (Lipinski definition) is 6. The Labute approximate surface area is 170 Å². The van der Waals surface area contributed by atoms with Crippen LogP contribution in [0.25, 0.3) is 10.2 Å². The Morgan fingerprint density at radius 2 is 2.03 bits per heavy atom. The SMILES string of the molecule is CNC(=O)c1csc2c(C(F)(F)F)cc(OC3CC(NC(=O)OCC(F)F)C3)nc12. The highest BCUT2D eigenvalue weighted by molar-refractivity contribution is 7.17. The second kappa shape index (κ2) is 8.58. The maximum atomic E-state index is 13.5. The predicted octanol–water partition coefficient (Wildman–Crippen LogP) is 3.58. The number of nitrogens with one attached hydrogen (secondary N) is 2. The van der Waals surface area contributed by atoms with Crippen LogP contribution in [0.15, 0.2) is 11.4 Å². The van der Waals surface area contributed by atoms with Crippen molar-refractivity contribution in [3.8, 4) is 5.88 Å². The highest BCUT2D eigenvalue weighted by Crippen LogP contribution is 2.40. The van der Waals surface area contributed by atoms with E-state index in [0.717, 1.165) is 17.4 Å². The maximum Gasteiger partial charge on any atom is 0.418 e. The Morgan fingerprint density at radius 3 is 2.63 bits per heavy atom. The van der Waals surface area contributed by atoms with Gasteiger partial charge in [-0.05, 0) is 0 Å². The number of aromatic nitrogens is 1. The van der Waals surface area contributed by atoms with Crippen LogP contribution in [0.2, 0.25) is 0 Å². The molecule has 0 unspecified atom stereocenters. The molecule has 1 fully saturated rings. The van der Waals surface area contributed by atoms with Crippen molar-refractivity contribution < 1.29 is 41.0 Å². The third-order valence-electron chi connectivity index (χ3n) is 4.32. The van der Waals surface area contributed by atoms with E-state index in [9.17, 15) is 31.5 Å². The molecule has 2 heterocycles. The zero-order chi connectivity index (χ0) is 22.1. The van der Waals surface area contributed by atoms with Crippen molar-refractivity contribution in [2.75, 3.05) is 13.7 Å². The van der Waals surface area contributed by atoms with Crippen LogP contribution in [-0.4, -0.2) is 49.2 Å². The quantitative estimate of drug-likeness (QED) is 0.653. The second-order valence-corrected chi connectivity index (χ2v) is 7.33. The predicted molar refractivity (Wildman–Crippen MR) is 95.9 cm³/mol. The molecule has 0 atom stereocenters. The van der Waals surface area contributed by atoms with Crippen LogP contribution >= 0.6 is 11.3 Å². The molecular weight excluding hydrogens is 437 g/mol. The molecule has 30 heavy (non-hydrogen) atoms. The van der Waals surface area contributed by atoms with Gasteiger partial charge < -0.3 is 20.1 Å². The number of pyridine rings is 1. The molecule has 7 nitrogen and oxygen atoms in total. The number of ether oxygens (including phenoxy) is 2.